The minimum absolute atomic E-state index is 0.0783. The van der Waals surface area contributed by atoms with Gasteiger partial charge in [0.25, 0.3) is 0 Å². The lowest BCUT2D eigenvalue weighted by molar-refractivity contribution is 0.159. The number of rotatable bonds is 7. The number of amides is 2. The quantitative estimate of drug-likeness (QED) is 0.725. The van der Waals surface area contributed by atoms with E-state index in [4.69, 9.17) is 0 Å². The number of carbonyl (C=O) groups is 1. The van der Waals surface area contributed by atoms with Gasteiger partial charge in [0, 0.05) is 6.54 Å². The highest BCUT2D eigenvalue weighted by molar-refractivity contribution is 5.74. The second kappa shape index (κ2) is 8.13. The molecule has 4 nitrogen and oxygen atoms in total. The van der Waals surface area contributed by atoms with E-state index in [0.717, 1.165) is 18.4 Å². The minimum atomic E-state index is -0.375. The Hall–Kier alpha value is -1.62. The van der Waals surface area contributed by atoms with E-state index in [-0.39, 0.29) is 24.0 Å². The van der Waals surface area contributed by atoms with Crippen molar-refractivity contribution in [3.63, 3.8) is 0 Å². The molecule has 2 unspecified atom stereocenters. The highest BCUT2D eigenvalue weighted by atomic mass is 19.1. The van der Waals surface area contributed by atoms with Gasteiger partial charge in [-0.05, 0) is 49.3 Å². The fourth-order valence-electron chi connectivity index (χ4n) is 2.67. The van der Waals surface area contributed by atoms with Gasteiger partial charge in [-0.15, -0.1) is 0 Å². The monoisotopic (exact) mass is 308 g/mol. The van der Waals surface area contributed by atoms with Crippen LogP contribution in [0, 0.1) is 11.7 Å². The van der Waals surface area contributed by atoms with Crippen molar-refractivity contribution in [1.82, 2.24) is 10.6 Å². The molecular weight excluding hydrogens is 283 g/mol. The van der Waals surface area contributed by atoms with Crippen molar-refractivity contribution < 1.29 is 14.3 Å². The standard InChI is InChI=1S/C17H25FN2O2/c1-2-15(21)10-11-19-17(22)20-16(12-4-3-5-12)13-6-8-14(18)9-7-13/h6-9,12,15-16,21H,2-5,10-11H2,1H3,(H2,19,20,22). The largest absolute Gasteiger partial charge is 0.393 e. The fourth-order valence-corrected chi connectivity index (χ4v) is 2.67. The Kier molecular flexibility index (Phi) is 6.19. The lowest BCUT2D eigenvalue weighted by atomic mass is 9.77. The molecule has 1 saturated carbocycles. The summed E-state index contributed by atoms with van der Waals surface area (Å²) in [6.45, 7) is 2.35. The van der Waals surface area contributed by atoms with Crippen molar-refractivity contribution in [1.29, 1.82) is 0 Å². The van der Waals surface area contributed by atoms with E-state index in [9.17, 15) is 14.3 Å². The average molecular weight is 308 g/mol. The normalized spacial score (nSPS) is 17.4. The Labute approximate surface area is 131 Å². The maximum atomic E-state index is 13.1. The molecule has 1 aliphatic rings. The third-order valence-corrected chi connectivity index (χ3v) is 4.37. The number of aliphatic hydroxyl groups is 1. The number of carbonyl (C=O) groups excluding carboxylic acids is 1. The summed E-state index contributed by atoms with van der Waals surface area (Å²) in [6.07, 6.45) is 4.19. The van der Waals surface area contributed by atoms with Crippen LogP contribution in [0.15, 0.2) is 24.3 Å². The molecule has 0 bridgehead atoms. The molecule has 0 aliphatic heterocycles. The summed E-state index contributed by atoms with van der Waals surface area (Å²) < 4.78 is 13.1. The van der Waals surface area contributed by atoms with E-state index in [1.807, 2.05) is 6.92 Å². The maximum absolute atomic E-state index is 13.1. The molecule has 122 valence electrons. The molecule has 5 heteroatoms. The molecule has 1 aromatic rings. The molecule has 0 aromatic heterocycles. The van der Waals surface area contributed by atoms with Crippen molar-refractivity contribution in [2.24, 2.45) is 5.92 Å². The van der Waals surface area contributed by atoms with E-state index in [1.165, 1.54) is 18.6 Å². The summed E-state index contributed by atoms with van der Waals surface area (Å²) in [4.78, 5) is 12.0. The molecule has 0 radical (unpaired) electrons. The van der Waals surface area contributed by atoms with Crippen LogP contribution >= 0.6 is 0 Å². The molecule has 2 rings (SSSR count). The number of hydrogen-bond donors (Lipinski definition) is 3. The molecule has 2 amide bonds. The second-order valence-electron chi connectivity index (χ2n) is 5.97. The van der Waals surface area contributed by atoms with Crippen molar-refractivity contribution in [3.05, 3.63) is 35.6 Å². The molecule has 2 atom stereocenters. The van der Waals surface area contributed by atoms with Crippen LogP contribution < -0.4 is 10.6 Å². The molecule has 1 fully saturated rings. The number of aliphatic hydroxyl groups excluding tert-OH is 1. The fraction of sp³-hybridized carbons (Fsp3) is 0.588. The maximum Gasteiger partial charge on any atom is 0.315 e. The lowest BCUT2D eigenvalue weighted by Gasteiger charge is -2.34. The van der Waals surface area contributed by atoms with Gasteiger partial charge >= 0.3 is 6.03 Å². The highest BCUT2D eigenvalue weighted by Gasteiger charge is 2.29. The lowest BCUT2D eigenvalue weighted by Crippen LogP contribution is -2.42. The van der Waals surface area contributed by atoms with Gasteiger partial charge in [-0.3, -0.25) is 0 Å². The van der Waals surface area contributed by atoms with Crippen LogP contribution in [0.1, 0.15) is 50.6 Å². The summed E-state index contributed by atoms with van der Waals surface area (Å²) in [7, 11) is 0. The van der Waals surface area contributed by atoms with E-state index in [1.54, 1.807) is 12.1 Å². The number of hydrogen-bond acceptors (Lipinski definition) is 2. The van der Waals surface area contributed by atoms with Crippen LogP contribution in [0.5, 0.6) is 0 Å². The average Bonchev–Trinajstić information content (AvgIpc) is 2.45. The van der Waals surface area contributed by atoms with E-state index >= 15 is 0 Å². The van der Waals surface area contributed by atoms with Crippen molar-refractivity contribution >= 4 is 6.03 Å². The van der Waals surface area contributed by atoms with Gasteiger partial charge in [0.15, 0.2) is 0 Å². The van der Waals surface area contributed by atoms with Gasteiger partial charge in [-0.2, -0.15) is 0 Å². The summed E-state index contributed by atoms with van der Waals surface area (Å²) in [5, 5.41) is 15.3. The van der Waals surface area contributed by atoms with Gasteiger partial charge in [-0.25, -0.2) is 9.18 Å². The number of nitrogens with one attached hydrogen (secondary N) is 2. The minimum Gasteiger partial charge on any atom is -0.393 e. The summed E-state index contributed by atoms with van der Waals surface area (Å²) in [5.41, 5.74) is 0.940. The Morgan fingerprint density at radius 2 is 2.05 bits per heavy atom. The summed E-state index contributed by atoms with van der Waals surface area (Å²) >= 11 is 0. The molecular formula is C17H25FN2O2. The van der Waals surface area contributed by atoms with Crippen LogP contribution in [0.2, 0.25) is 0 Å². The second-order valence-corrected chi connectivity index (χ2v) is 5.97. The van der Waals surface area contributed by atoms with Gasteiger partial charge in [0.2, 0.25) is 0 Å². The van der Waals surface area contributed by atoms with E-state index in [2.05, 4.69) is 10.6 Å². The first-order valence-electron chi connectivity index (χ1n) is 8.08. The van der Waals surface area contributed by atoms with E-state index in [0.29, 0.717) is 25.3 Å². The Morgan fingerprint density at radius 1 is 1.36 bits per heavy atom. The molecule has 0 heterocycles. The Morgan fingerprint density at radius 3 is 2.59 bits per heavy atom. The van der Waals surface area contributed by atoms with Gasteiger partial charge in [0.1, 0.15) is 5.82 Å². The first-order chi connectivity index (χ1) is 10.6. The van der Waals surface area contributed by atoms with E-state index < -0.39 is 0 Å². The first kappa shape index (κ1) is 16.7. The highest BCUT2D eigenvalue weighted by Crippen LogP contribution is 2.37. The van der Waals surface area contributed by atoms with Gasteiger partial charge < -0.3 is 15.7 Å². The molecule has 22 heavy (non-hydrogen) atoms. The summed E-state index contributed by atoms with van der Waals surface area (Å²) in [5.74, 6) is 0.145. The summed E-state index contributed by atoms with van der Waals surface area (Å²) in [6, 6.07) is 6.02. The molecule has 3 N–H and O–H groups in total. The van der Waals surface area contributed by atoms with Crippen molar-refractivity contribution in [2.75, 3.05) is 6.54 Å². The number of halogens is 1. The SMILES string of the molecule is CCC(O)CCNC(=O)NC(c1ccc(F)cc1)C1CCC1. The molecule has 0 saturated heterocycles. The number of benzene rings is 1. The topological polar surface area (TPSA) is 61.4 Å². The molecule has 1 aromatic carbocycles. The Balaban J connectivity index is 1.89. The predicted molar refractivity (Wildman–Crippen MR) is 83.9 cm³/mol. The zero-order chi connectivity index (χ0) is 15.9. The smallest absolute Gasteiger partial charge is 0.315 e. The Bertz CT molecular complexity index is 474. The molecule has 0 spiro atoms. The third-order valence-electron chi connectivity index (χ3n) is 4.37. The molecule has 1 aliphatic carbocycles. The predicted octanol–water partition coefficient (Wildman–Crippen LogP) is 3.13. The van der Waals surface area contributed by atoms with Crippen LogP contribution in [0.3, 0.4) is 0 Å². The van der Waals surface area contributed by atoms with Gasteiger partial charge in [0.05, 0.1) is 12.1 Å². The van der Waals surface area contributed by atoms with Gasteiger partial charge in [-0.1, -0.05) is 25.5 Å². The van der Waals surface area contributed by atoms with Crippen LogP contribution in [0.4, 0.5) is 9.18 Å². The van der Waals surface area contributed by atoms with Crippen molar-refractivity contribution in [2.45, 2.75) is 51.2 Å². The van der Waals surface area contributed by atoms with Crippen LogP contribution in [-0.4, -0.2) is 23.8 Å². The zero-order valence-electron chi connectivity index (χ0n) is 13.0. The van der Waals surface area contributed by atoms with Crippen LogP contribution in [0.25, 0.3) is 0 Å². The van der Waals surface area contributed by atoms with Crippen LogP contribution in [-0.2, 0) is 0 Å². The number of urea groups is 1. The van der Waals surface area contributed by atoms with Crippen molar-refractivity contribution in [3.8, 4) is 0 Å². The third kappa shape index (κ3) is 4.70. The first-order valence-corrected chi connectivity index (χ1v) is 8.08. The zero-order valence-corrected chi connectivity index (χ0v) is 13.0.